The summed E-state index contributed by atoms with van der Waals surface area (Å²) in [6.45, 7) is 0.379. The Morgan fingerprint density at radius 3 is 2.52 bits per heavy atom. The first-order valence-electron chi connectivity index (χ1n) is 10.1. The van der Waals surface area contributed by atoms with Crippen LogP contribution in [-0.2, 0) is 9.53 Å². The van der Waals surface area contributed by atoms with Gasteiger partial charge < -0.3 is 14.2 Å². The van der Waals surface area contributed by atoms with E-state index >= 15 is 0 Å². The molecule has 0 aromatic heterocycles. The molecule has 0 saturated heterocycles. The normalized spacial score (nSPS) is 14.7. The fraction of sp³-hybridized carbons (Fsp3) is 0.400. The minimum Gasteiger partial charge on any atom is -0.493 e. The number of carbonyl (C=O) groups is 1. The Balaban J connectivity index is 1.91. The van der Waals surface area contributed by atoms with Crippen LogP contribution in [0.15, 0.2) is 48.5 Å². The highest BCUT2D eigenvalue weighted by Gasteiger charge is 2.22. The van der Waals surface area contributed by atoms with Gasteiger partial charge in [-0.15, -0.1) is 0 Å². The molecule has 0 unspecified atom stereocenters. The molecule has 4 heteroatoms. The Morgan fingerprint density at radius 2 is 1.83 bits per heavy atom. The van der Waals surface area contributed by atoms with Crippen molar-refractivity contribution in [2.45, 2.75) is 44.1 Å². The fourth-order valence-electron chi connectivity index (χ4n) is 3.52. The zero-order chi connectivity index (χ0) is 20.5. The van der Waals surface area contributed by atoms with Crippen molar-refractivity contribution in [2.75, 3.05) is 20.8 Å². The van der Waals surface area contributed by atoms with E-state index < -0.39 is 5.92 Å². The summed E-state index contributed by atoms with van der Waals surface area (Å²) < 4.78 is 16.8. The lowest BCUT2D eigenvalue weighted by atomic mass is 9.92. The third-order valence-electron chi connectivity index (χ3n) is 5.13. The number of methoxy groups -OCH3 is 2. The highest BCUT2D eigenvalue weighted by Crippen LogP contribution is 2.34. The Bertz CT molecular complexity index is 857. The van der Waals surface area contributed by atoms with Crippen molar-refractivity contribution in [1.82, 2.24) is 0 Å². The van der Waals surface area contributed by atoms with Crippen LogP contribution in [0.5, 0.6) is 11.5 Å². The molecule has 1 atom stereocenters. The summed E-state index contributed by atoms with van der Waals surface area (Å²) in [4.78, 5) is 12.9. The molecule has 0 amide bonds. The summed E-state index contributed by atoms with van der Waals surface area (Å²) >= 11 is 0. The molecule has 29 heavy (non-hydrogen) atoms. The zero-order valence-corrected chi connectivity index (χ0v) is 17.1. The van der Waals surface area contributed by atoms with E-state index in [0.717, 1.165) is 24.0 Å². The van der Waals surface area contributed by atoms with Crippen LogP contribution in [0.25, 0.3) is 0 Å². The number of ketones is 1. The predicted molar refractivity (Wildman–Crippen MR) is 113 cm³/mol. The third kappa shape index (κ3) is 5.85. The SMILES string of the molecule is COCCC(=O)[C@H](C#Cc1ccccc1)c1ccc(OC)c(OC2CCCC2)c1. The highest BCUT2D eigenvalue weighted by atomic mass is 16.5. The van der Waals surface area contributed by atoms with E-state index in [2.05, 4.69) is 11.8 Å². The highest BCUT2D eigenvalue weighted by molar-refractivity contribution is 5.89. The van der Waals surface area contributed by atoms with Crippen LogP contribution in [0.1, 0.15) is 49.1 Å². The number of benzene rings is 2. The van der Waals surface area contributed by atoms with Crippen molar-refractivity contribution in [3.05, 3.63) is 59.7 Å². The molecule has 1 saturated carbocycles. The summed E-state index contributed by atoms with van der Waals surface area (Å²) in [7, 11) is 3.23. The first-order valence-corrected chi connectivity index (χ1v) is 10.1. The molecule has 1 aliphatic carbocycles. The van der Waals surface area contributed by atoms with Crippen molar-refractivity contribution < 1.29 is 19.0 Å². The number of ether oxygens (including phenoxy) is 3. The van der Waals surface area contributed by atoms with Gasteiger partial charge in [-0.1, -0.05) is 36.1 Å². The Hall–Kier alpha value is -2.77. The lowest BCUT2D eigenvalue weighted by Gasteiger charge is -2.18. The fourth-order valence-corrected chi connectivity index (χ4v) is 3.52. The number of rotatable bonds is 8. The van der Waals surface area contributed by atoms with Gasteiger partial charge in [0.1, 0.15) is 5.92 Å². The van der Waals surface area contributed by atoms with Gasteiger partial charge in [0.05, 0.1) is 19.8 Å². The van der Waals surface area contributed by atoms with Gasteiger partial charge in [-0.25, -0.2) is 0 Å². The van der Waals surface area contributed by atoms with Crippen LogP contribution < -0.4 is 9.47 Å². The van der Waals surface area contributed by atoms with E-state index in [9.17, 15) is 4.79 Å². The van der Waals surface area contributed by atoms with Gasteiger partial charge in [0.25, 0.3) is 0 Å². The third-order valence-corrected chi connectivity index (χ3v) is 5.13. The first kappa shape index (κ1) is 21.0. The molecule has 1 aliphatic rings. The van der Waals surface area contributed by atoms with Gasteiger partial charge in [0, 0.05) is 19.1 Å². The molecule has 1 fully saturated rings. The Morgan fingerprint density at radius 1 is 1.07 bits per heavy atom. The molecule has 152 valence electrons. The number of hydrogen-bond acceptors (Lipinski definition) is 4. The topological polar surface area (TPSA) is 44.8 Å². The van der Waals surface area contributed by atoms with Gasteiger partial charge in [0.15, 0.2) is 17.3 Å². The molecule has 0 aliphatic heterocycles. The molecule has 2 aromatic carbocycles. The second kappa shape index (κ2) is 10.7. The summed E-state index contributed by atoms with van der Waals surface area (Å²) in [5.41, 5.74) is 1.70. The van der Waals surface area contributed by atoms with Crippen molar-refractivity contribution in [3.63, 3.8) is 0 Å². The minimum atomic E-state index is -0.540. The van der Waals surface area contributed by atoms with Gasteiger partial charge in [0.2, 0.25) is 0 Å². The predicted octanol–water partition coefficient (Wildman–Crippen LogP) is 4.76. The van der Waals surface area contributed by atoms with Crippen LogP contribution in [0, 0.1) is 11.8 Å². The van der Waals surface area contributed by atoms with Gasteiger partial charge >= 0.3 is 0 Å². The molecule has 4 nitrogen and oxygen atoms in total. The van der Waals surface area contributed by atoms with Gasteiger partial charge in [-0.2, -0.15) is 0 Å². The van der Waals surface area contributed by atoms with Crippen LogP contribution in [0.3, 0.4) is 0 Å². The van der Waals surface area contributed by atoms with Crippen LogP contribution in [0.4, 0.5) is 0 Å². The van der Waals surface area contributed by atoms with Gasteiger partial charge in [-0.05, 0) is 55.5 Å². The molecular formula is C25H28O4. The minimum absolute atomic E-state index is 0.0345. The number of carbonyl (C=O) groups excluding carboxylic acids is 1. The van der Waals surface area contributed by atoms with Crippen molar-refractivity contribution in [2.24, 2.45) is 0 Å². The number of Topliss-reactive ketones (excluding diaryl/α,β-unsaturated/α-hetero) is 1. The van der Waals surface area contributed by atoms with E-state index in [1.807, 2.05) is 48.5 Å². The molecule has 2 aromatic rings. The maximum Gasteiger partial charge on any atom is 0.161 e. The van der Waals surface area contributed by atoms with Crippen LogP contribution in [0.2, 0.25) is 0 Å². The lowest BCUT2D eigenvalue weighted by molar-refractivity contribution is -0.120. The molecule has 0 spiro atoms. The first-order chi connectivity index (χ1) is 14.2. The van der Waals surface area contributed by atoms with Crippen LogP contribution >= 0.6 is 0 Å². The number of hydrogen-bond donors (Lipinski definition) is 0. The standard InChI is InChI=1S/C25H28O4/c1-27-17-16-23(26)22(14-12-19-8-4-3-5-9-19)20-13-15-24(28-2)25(18-20)29-21-10-6-7-11-21/h3-5,8-9,13,15,18,21-22H,6-7,10-11,16-17H2,1-2H3/t22-/m1/s1. The second-order valence-electron chi connectivity index (χ2n) is 7.21. The van der Waals surface area contributed by atoms with Crippen molar-refractivity contribution in [1.29, 1.82) is 0 Å². The molecule has 0 heterocycles. The van der Waals surface area contributed by atoms with E-state index in [1.54, 1.807) is 14.2 Å². The Kier molecular flexibility index (Phi) is 7.72. The maximum atomic E-state index is 12.9. The monoisotopic (exact) mass is 392 g/mol. The van der Waals surface area contributed by atoms with E-state index in [4.69, 9.17) is 14.2 Å². The summed E-state index contributed by atoms with van der Waals surface area (Å²) in [6, 6.07) is 15.4. The van der Waals surface area contributed by atoms with Crippen LogP contribution in [-0.4, -0.2) is 32.7 Å². The van der Waals surface area contributed by atoms with Crippen molar-refractivity contribution in [3.8, 4) is 23.3 Å². The second-order valence-corrected chi connectivity index (χ2v) is 7.21. The Labute approximate surface area is 173 Å². The maximum absolute atomic E-state index is 12.9. The average Bonchev–Trinajstić information content (AvgIpc) is 3.26. The quantitative estimate of drug-likeness (QED) is 0.608. The summed E-state index contributed by atoms with van der Waals surface area (Å²) in [6.07, 6.45) is 5.00. The molecule has 0 bridgehead atoms. The smallest absolute Gasteiger partial charge is 0.161 e. The van der Waals surface area contributed by atoms with E-state index in [1.165, 1.54) is 12.8 Å². The molecular weight excluding hydrogens is 364 g/mol. The van der Waals surface area contributed by atoms with Crippen molar-refractivity contribution >= 4 is 5.78 Å². The average molecular weight is 392 g/mol. The van der Waals surface area contributed by atoms with E-state index in [-0.39, 0.29) is 11.9 Å². The summed E-state index contributed by atoms with van der Waals surface area (Å²) in [5, 5.41) is 0. The largest absolute Gasteiger partial charge is 0.493 e. The summed E-state index contributed by atoms with van der Waals surface area (Å²) in [5.74, 6) is 7.16. The zero-order valence-electron chi connectivity index (χ0n) is 17.1. The van der Waals surface area contributed by atoms with E-state index in [0.29, 0.717) is 24.5 Å². The molecule has 0 radical (unpaired) electrons. The molecule has 3 rings (SSSR count). The molecule has 0 N–H and O–H groups in total. The van der Waals surface area contributed by atoms with Gasteiger partial charge in [-0.3, -0.25) is 4.79 Å². The lowest BCUT2D eigenvalue weighted by Crippen LogP contribution is -2.15.